The van der Waals surface area contributed by atoms with E-state index >= 15 is 0 Å². The number of nitriles is 2. The molecule has 0 saturated carbocycles. The van der Waals surface area contributed by atoms with Crippen molar-refractivity contribution in [2.24, 2.45) is 0 Å². The summed E-state index contributed by atoms with van der Waals surface area (Å²) in [7, 11) is 0. The Hall–Kier alpha value is -3.28. The SMILES string of the molecule is CCC(C#N)Oc1cccc(CNc2cc(C#N)c3cc(Cl)ccc3n2)c1. The lowest BCUT2D eigenvalue weighted by molar-refractivity contribution is 0.251. The molecule has 27 heavy (non-hydrogen) atoms. The van der Waals surface area contributed by atoms with Crippen molar-refractivity contribution in [3.05, 3.63) is 64.7 Å². The van der Waals surface area contributed by atoms with Crippen LogP contribution >= 0.6 is 11.6 Å². The van der Waals surface area contributed by atoms with E-state index in [9.17, 15) is 5.26 Å². The Morgan fingerprint density at radius 3 is 2.78 bits per heavy atom. The van der Waals surface area contributed by atoms with Crippen LogP contribution in [0.2, 0.25) is 5.02 Å². The van der Waals surface area contributed by atoms with Gasteiger partial charge in [0.25, 0.3) is 0 Å². The predicted molar refractivity (Wildman–Crippen MR) is 106 cm³/mol. The van der Waals surface area contributed by atoms with Gasteiger partial charge in [-0.05, 0) is 48.4 Å². The van der Waals surface area contributed by atoms with E-state index in [1.54, 1.807) is 24.3 Å². The minimum Gasteiger partial charge on any atom is -0.476 e. The number of aromatic nitrogens is 1. The molecule has 3 aromatic rings. The van der Waals surface area contributed by atoms with Crippen molar-refractivity contribution in [1.82, 2.24) is 4.98 Å². The van der Waals surface area contributed by atoms with Crippen LogP contribution < -0.4 is 10.1 Å². The normalized spacial score (nSPS) is 11.4. The molecule has 0 aliphatic carbocycles. The number of benzene rings is 2. The zero-order valence-electron chi connectivity index (χ0n) is 14.7. The standard InChI is InChI=1S/C21H17ClN4O/c1-2-17(12-24)27-18-5-3-4-14(8-18)13-25-21-9-15(11-23)19-10-16(22)6-7-20(19)26-21/h3-10,17H,2,13H2,1H3,(H,25,26). The summed E-state index contributed by atoms with van der Waals surface area (Å²) in [6.07, 6.45) is 0.168. The summed E-state index contributed by atoms with van der Waals surface area (Å²) in [5, 5.41) is 23.0. The third-order valence-corrected chi connectivity index (χ3v) is 4.29. The van der Waals surface area contributed by atoms with E-state index in [1.165, 1.54) is 0 Å². The van der Waals surface area contributed by atoms with Crippen molar-refractivity contribution in [1.29, 1.82) is 10.5 Å². The van der Waals surface area contributed by atoms with E-state index in [-0.39, 0.29) is 0 Å². The van der Waals surface area contributed by atoms with Crippen LogP contribution in [0.1, 0.15) is 24.5 Å². The Bertz CT molecular complexity index is 1050. The fourth-order valence-electron chi connectivity index (χ4n) is 2.67. The van der Waals surface area contributed by atoms with E-state index in [2.05, 4.69) is 22.4 Å². The van der Waals surface area contributed by atoms with E-state index in [4.69, 9.17) is 21.6 Å². The smallest absolute Gasteiger partial charge is 0.184 e. The molecule has 1 aromatic heterocycles. The number of fused-ring (bicyclic) bond motifs is 1. The van der Waals surface area contributed by atoms with Crippen LogP contribution in [0.25, 0.3) is 10.9 Å². The van der Waals surface area contributed by atoms with Crippen molar-refractivity contribution in [2.75, 3.05) is 5.32 Å². The van der Waals surface area contributed by atoms with Crippen molar-refractivity contribution >= 4 is 28.3 Å². The molecule has 0 aliphatic heterocycles. The van der Waals surface area contributed by atoms with Gasteiger partial charge in [0.05, 0.1) is 17.1 Å². The fraction of sp³-hybridized carbons (Fsp3) is 0.190. The summed E-state index contributed by atoms with van der Waals surface area (Å²) in [5.74, 6) is 1.26. The average molecular weight is 377 g/mol. The number of nitrogens with zero attached hydrogens (tertiary/aromatic N) is 3. The number of pyridine rings is 1. The third-order valence-electron chi connectivity index (χ3n) is 4.06. The van der Waals surface area contributed by atoms with Gasteiger partial charge in [-0.1, -0.05) is 30.7 Å². The largest absolute Gasteiger partial charge is 0.476 e. The first-order chi connectivity index (χ1) is 13.1. The molecule has 1 N–H and O–H groups in total. The van der Waals surface area contributed by atoms with Gasteiger partial charge in [-0.3, -0.25) is 0 Å². The van der Waals surface area contributed by atoms with Crippen molar-refractivity contribution in [3.63, 3.8) is 0 Å². The van der Waals surface area contributed by atoms with Crippen LogP contribution in [0.4, 0.5) is 5.82 Å². The summed E-state index contributed by atoms with van der Waals surface area (Å²) in [6.45, 7) is 2.42. The number of rotatable bonds is 6. The lowest BCUT2D eigenvalue weighted by atomic mass is 10.1. The molecule has 0 amide bonds. The Morgan fingerprint density at radius 1 is 1.19 bits per heavy atom. The highest BCUT2D eigenvalue weighted by Gasteiger charge is 2.08. The number of ether oxygens (including phenoxy) is 1. The van der Waals surface area contributed by atoms with Gasteiger partial charge in [-0.15, -0.1) is 0 Å². The summed E-state index contributed by atoms with van der Waals surface area (Å²) < 4.78 is 5.65. The van der Waals surface area contributed by atoms with Crippen molar-refractivity contribution < 1.29 is 4.74 Å². The number of nitrogens with one attached hydrogen (secondary N) is 1. The van der Waals surface area contributed by atoms with E-state index in [1.807, 2.05) is 31.2 Å². The lowest BCUT2D eigenvalue weighted by Gasteiger charge is -2.12. The van der Waals surface area contributed by atoms with Gasteiger partial charge >= 0.3 is 0 Å². The summed E-state index contributed by atoms with van der Waals surface area (Å²) in [6, 6.07) is 18.9. The summed E-state index contributed by atoms with van der Waals surface area (Å²) in [4.78, 5) is 4.54. The van der Waals surface area contributed by atoms with Crippen LogP contribution in [-0.2, 0) is 6.54 Å². The molecule has 1 heterocycles. The molecule has 0 radical (unpaired) electrons. The second-order valence-corrected chi connectivity index (χ2v) is 6.41. The lowest BCUT2D eigenvalue weighted by Crippen LogP contribution is -2.12. The maximum atomic E-state index is 9.41. The highest BCUT2D eigenvalue weighted by atomic mass is 35.5. The number of halogens is 1. The third kappa shape index (κ3) is 4.47. The second kappa shape index (κ2) is 8.40. The van der Waals surface area contributed by atoms with Gasteiger partial charge in [-0.25, -0.2) is 4.98 Å². The first-order valence-electron chi connectivity index (χ1n) is 8.52. The van der Waals surface area contributed by atoms with Crippen LogP contribution in [-0.4, -0.2) is 11.1 Å². The van der Waals surface area contributed by atoms with Crippen LogP contribution in [0, 0.1) is 22.7 Å². The Morgan fingerprint density at radius 2 is 2.04 bits per heavy atom. The van der Waals surface area contributed by atoms with Gasteiger partial charge < -0.3 is 10.1 Å². The predicted octanol–water partition coefficient (Wildman–Crippen LogP) is 5.05. The second-order valence-electron chi connectivity index (χ2n) is 5.97. The number of hydrogen-bond donors (Lipinski definition) is 1. The minimum absolute atomic E-state index is 0.458. The molecular weight excluding hydrogens is 360 g/mol. The molecule has 5 nitrogen and oxygen atoms in total. The van der Waals surface area contributed by atoms with Gasteiger partial charge in [0.2, 0.25) is 0 Å². The van der Waals surface area contributed by atoms with E-state index < -0.39 is 6.10 Å². The molecule has 0 aliphatic rings. The monoisotopic (exact) mass is 376 g/mol. The van der Waals surface area contributed by atoms with E-state index in [0.29, 0.717) is 40.6 Å². The maximum Gasteiger partial charge on any atom is 0.184 e. The van der Waals surface area contributed by atoms with Gasteiger partial charge in [0.15, 0.2) is 6.10 Å². The topological polar surface area (TPSA) is 81.7 Å². The molecule has 6 heteroatoms. The van der Waals surface area contributed by atoms with Gasteiger partial charge in [0, 0.05) is 17.0 Å². The molecule has 0 spiro atoms. The van der Waals surface area contributed by atoms with Gasteiger partial charge in [0.1, 0.15) is 17.6 Å². The molecule has 0 bridgehead atoms. The number of anilines is 1. The minimum atomic E-state index is -0.458. The highest BCUT2D eigenvalue weighted by molar-refractivity contribution is 6.31. The van der Waals surface area contributed by atoms with Gasteiger partial charge in [-0.2, -0.15) is 10.5 Å². The summed E-state index contributed by atoms with van der Waals surface area (Å²) >= 11 is 6.02. The first-order valence-corrected chi connectivity index (χ1v) is 8.90. The molecular formula is C21H17ClN4O. The number of hydrogen-bond acceptors (Lipinski definition) is 5. The molecule has 1 atom stereocenters. The molecule has 0 saturated heterocycles. The molecule has 0 fully saturated rings. The summed E-state index contributed by atoms with van der Waals surface area (Å²) in [5.41, 5.74) is 2.21. The molecule has 3 rings (SSSR count). The Kier molecular flexibility index (Phi) is 5.76. The van der Waals surface area contributed by atoms with Crippen molar-refractivity contribution in [2.45, 2.75) is 26.0 Å². The zero-order chi connectivity index (χ0) is 19.2. The quantitative estimate of drug-likeness (QED) is 0.650. The maximum absolute atomic E-state index is 9.41. The molecule has 2 aromatic carbocycles. The molecule has 134 valence electrons. The van der Waals surface area contributed by atoms with Crippen LogP contribution in [0.3, 0.4) is 0 Å². The fourth-order valence-corrected chi connectivity index (χ4v) is 2.84. The Labute approximate surface area is 162 Å². The van der Waals surface area contributed by atoms with E-state index in [0.717, 1.165) is 10.9 Å². The van der Waals surface area contributed by atoms with Crippen LogP contribution in [0.5, 0.6) is 5.75 Å². The Balaban J connectivity index is 1.78. The average Bonchev–Trinajstić information content (AvgIpc) is 2.70. The highest BCUT2D eigenvalue weighted by Crippen LogP contribution is 2.24. The first kappa shape index (κ1) is 18.5. The zero-order valence-corrected chi connectivity index (χ0v) is 15.5. The van der Waals surface area contributed by atoms with Crippen molar-refractivity contribution in [3.8, 4) is 17.9 Å². The molecule has 1 unspecified atom stereocenters. The van der Waals surface area contributed by atoms with Crippen LogP contribution in [0.15, 0.2) is 48.5 Å².